The number of urea groups is 1. The first-order chi connectivity index (χ1) is 8.53. The molecular weight excluding hydrogens is 258 g/mol. The largest absolute Gasteiger partial charge is 0.495 e. The Labute approximate surface area is 108 Å². The Morgan fingerprint density at radius 2 is 2.17 bits per heavy atom. The second kappa shape index (κ2) is 4.47. The van der Waals surface area contributed by atoms with E-state index in [0.717, 1.165) is 0 Å². The highest BCUT2D eigenvalue weighted by Crippen LogP contribution is 2.31. The molecule has 1 aromatic rings. The predicted molar refractivity (Wildman–Crippen MR) is 65.4 cm³/mol. The topological polar surface area (TPSA) is 93.4 Å². The van der Waals surface area contributed by atoms with Crippen LogP contribution in [0, 0.1) is 0 Å². The van der Waals surface area contributed by atoms with E-state index in [1.54, 1.807) is 18.2 Å². The number of methoxy groups -OCH3 is 1. The van der Waals surface area contributed by atoms with Crippen LogP contribution in [0.2, 0.25) is 5.02 Å². The average molecular weight is 270 g/mol. The van der Waals surface area contributed by atoms with E-state index >= 15 is 0 Å². The summed E-state index contributed by atoms with van der Waals surface area (Å²) >= 11 is 6.00. The van der Waals surface area contributed by atoms with Crippen LogP contribution in [-0.4, -0.2) is 25.6 Å². The van der Waals surface area contributed by atoms with E-state index in [4.69, 9.17) is 22.1 Å². The third-order valence-electron chi connectivity index (χ3n) is 2.89. The van der Waals surface area contributed by atoms with Crippen LogP contribution in [-0.2, 0) is 10.3 Å². The van der Waals surface area contributed by atoms with Crippen molar-refractivity contribution in [1.82, 2.24) is 10.6 Å². The lowest BCUT2D eigenvalue weighted by Gasteiger charge is -2.25. The minimum atomic E-state index is -1.27. The highest BCUT2D eigenvalue weighted by atomic mass is 35.5. The zero-order valence-electron chi connectivity index (χ0n) is 9.62. The number of carbonyl (C=O) groups excluding carboxylic acids is 2. The number of amides is 3. The zero-order chi connectivity index (χ0) is 13.3. The molecule has 0 saturated carbocycles. The lowest BCUT2D eigenvalue weighted by molar-refractivity contribution is -0.123. The number of rotatable bonds is 3. The SMILES string of the molecule is COc1ccc(C2(CN)NC(=O)NC2=O)cc1Cl. The quantitative estimate of drug-likeness (QED) is 0.690. The van der Waals surface area contributed by atoms with Crippen LogP contribution in [0.15, 0.2) is 18.2 Å². The van der Waals surface area contributed by atoms with Gasteiger partial charge in [0.1, 0.15) is 5.75 Å². The molecule has 2 rings (SSSR count). The number of nitrogens with one attached hydrogen (secondary N) is 2. The van der Waals surface area contributed by atoms with Crippen LogP contribution in [0.5, 0.6) is 5.75 Å². The number of benzene rings is 1. The Hall–Kier alpha value is -1.79. The van der Waals surface area contributed by atoms with Crippen LogP contribution in [0.1, 0.15) is 5.56 Å². The van der Waals surface area contributed by atoms with Crippen molar-refractivity contribution in [3.63, 3.8) is 0 Å². The molecule has 1 aromatic carbocycles. The summed E-state index contributed by atoms with van der Waals surface area (Å²) < 4.78 is 5.03. The third-order valence-corrected chi connectivity index (χ3v) is 3.19. The molecule has 1 aliphatic rings. The predicted octanol–water partition coefficient (Wildman–Crippen LogP) is 0.342. The first-order valence-electron chi connectivity index (χ1n) is 5.21. The molecule has 1 atom stereocenters. The first kappa shape index (κ1) is 12.7. The van der Waals surface area contributed by atoms with Gasteiger partial charge < -0.3 is 15.8 Å². The summed E-state index contributed by atoms with van der Waals surface area (Å²) in [4.78, 5) is 23.1. The van der Waals surface area contributed by atoms with Crippen LogP contribution in [0.3, 0.4) is 0 Å². The van der Waals surface area contributed by atoms with Crippen LogP contribution in [0.25, 0.3) is 0 Å². The molecule has 1 unspecified atom stereocenters. The van der Waals surface area contributed by atoms with Crippen LogP contribution in [0.4, 0.5) is 4.79 Å². The van der Waals surface area contributed by atoms with Gasteiger partial charge in [-0.2, -0.15) is 0 Å². The highest BCUT2D eigenvalue weighted by molar-refractivity contribution is 6.32. The molecule has 3 amide bonds. The Bertz CT molecular complexity index is 520. The van der Waals surface area contributed by atoms with Gasteiger partial charge in [-0.1, -0.05) is 17.7 Å². The molecule has 0 bridgehead atoms. The van der Waals surface area contributed by atoms with E-state index in [9.17, 15) is 9.59 Å². The Morgan fingerprint density at radius 1 is 1.44 bits per heavy atom. The van der Waals surface area contributed by atoms with Gasteiger partial charge in [0, 0.05) is 6.54 Å². The molecule has 7 heteroatoms. The molecule has 6 nitrogen and oxygen atoms in total. The summed E-state index contributed by atoms with van der Waals surface area (Å²) in [5.74, 6) is -0.00597. The molecule has 0 radical (unpaired) electrons. The maximum Gasteiger partial charge on any atom is 0.322 e. The van der Waals surface area contributed by atoms with E-state index in [0.29, 0.717) is 16.3 Å². The molecule has 0 aliphatic carbocycles. The average Bonchev–Trinajstić information content (AvgIpc) is 2.64. The number of imide groups is 1. The minimum Gasteiger partial charge on any atom is -0.495 e. The number of carbonyl (C=O) groups is 2. The van der Waals surface area contributed by atoms with Crippen molar-refractivity contribution in [2.75, 3.05) is 13.7 Å². The molecule has 1 aliphatic heterocycles. The molecular formula is C11H12ClN3O3. The van der Waals surface area contributed by atoms with Gasteiger partial charge in [-0.25, -0.2) is 4.79 Å². The molecule has 1 heterocycles. The second-order valence-electron chi connectivity index (χ2n) is 3.87. The normalized spacial score (nSPS) is 22.6. The third kappa shape index (κ3) is 1.79. The molecule has 4 N–H and O–H groups in total. The smallest absolute Gasteiger partial charge is 0.322 e. The summed E-state index contributed by atoms with van der Waals surface area (Å²) in [5, 5.41) is 5.03. The summed E-state index contributed by atoms with van der Waals surface area (Å²) in [7, 11) is 1.49. The van der Waals surface area contributed by atoms with Crippen molar-refractivity contribution in [2.24, 2.45) is 5.73 Å². The zero-order valence-corrected chi connectivity index (χ0v) is 10.4. The molecule has 1 saturated heterocycles. The van der Waals surface area contributed by atoms with Crippen LogP contribution < -0.4 is 21.1 Å². The van der Waals surface area contributed by atoms with Gasteiger partial charge in [0.15, 0.2) is 5.54 Å². The fourth-order valence-corrected chi connectivity index (χ4v) is 2.15. The van der Waals surface area contributed by atoms with Gasteiger partial charge in [-0.15, -0.1) is 0 Å². The molecule has 18 heavy (non-hydrogen) atoms. The van der Waals surface area contributed by atoms with Crippen molar-refractivity contribution in [2.45, 2.75) is 5.54 Å². The maximum absolute atomic E-state index is 11.9. The Kier molecular flexibility index (Phi) is 3.14. The summed E-state index contributed by atoms with van der Waals surface area (Å²) in [6, 6.07) is 4.24. The van der Waals surface area contributed by atoms with Crippen molar-refractivity contribution in [1.29, 1.82) is 0 Å². The lowest BCUT2D eigenvalue weighted by atomic mass is 9.90. The maximum atomic E-state index is 11.9. The van der Waals surface area contributed by atoms with Crippen molar-refractivity contribution >= 4 is 23.5 Å². The van der Waals surface area contributed by atoms with Gasteiger partial charge in [-0.05, 0) is 17.7 Å². The molecule has 1 fully saturated rings. The lowest BCUT2D eigenvalue weighted by Crippen LogP contribution is -2.49. The van der Waals surface area contributed by atoms with E-state index < -0.39 is 17.5 Å². The molecule has 0 spiro atoms. The number of halogens is 1. The monoisotopic (exact) mass is 269 g/mol. The number of hydrogen-bond donors (Lipinski definition) is 3. The van der Waals surface area contributed by atoms with Crippen molar-refractivity contribution < 1.29 is 14.3 Å². The van der Waals surface area contributed by atoms with E-state index in [-0.39, 0.29) is 6.54 Å². The first-order valence-corrected chi connectivity index (χ1v) is 5.59. The second-order valence-corrected chi connectivity index (χ2v) is 4.27. The number of nitrogens with two attached hydrogens (primary N) is 1. The molecule has 96 valence electrons. The van der Waals surface area contributed by atoms with E-state index in [2.05, 4.69) is 10.6 Å². The van der Waals surface area contributed by atoms with Gasteiger partial charge in [0.2, 0.25) is 0 Å². The summed E-state index contributed by atoms with van der Waals surface area (Å²) in [6.45, 7) is -0.0623. The minimum absolute atomic E-state index is 0.0623. The van der Waals surface area contributed by atoms with Gasteiger partial charge in [0.05, 0.1) is 12.1 Å². The summed E-state index contributed by atoms with van der Waals surface area (Å²) in [5.41, 5.74) is 4.87. The standard InChI is InChI=1S/C11H12ClN3O3/c1-18-8-3-2-6(4-7(8)12)11(5-13)9(16)14-10(17)15-11/h2-4H,5,13H2,1H3,(H2,14,15,16,17). The fourth-order valence-electron chi connectivity index (χ4n) is 1.89. The van der Waals surface area contributed by atoms with Crippen LogP contribution >= 0.6 is 11.6 Å². The van der Waals surface area contributed by atoms with E-state index in [1.807, 2.05) is 0 Å². The van der Waals surface area contributed by atoms with E-state index in [1.165, 1.54) is 7.11 Å². The number of ether oxygens (including phenoxy) is 1. The van der Waals surface area contributed by atoms with Gasteiger partial charge in [0.25, 0.3) is 5.91 Å². The fraction of sp³-hybridized carbons (Fsp3) is 0.273. The Balaban J connectivity index is 2.48. The molecule has 0 aromatic heterocycles. The van der Waals surface area contributed by atoms with Gasteiger partial charge >= 0.3 is 6.03 Å². The number of hydrogen-bond acceptors (Lipinski definition) is 4. The Morgan fingerprint density at radius 3 is 2.61 bits per heavy atom. The van der Waals surface area contributed by atoms with Crippen molar-refractivity contribution in [3.8, 4) is 5.75 Å². The van der Waals surface area contributed by atoms with Gasteiger partial charge in [-0.3, -0.25) is 10.1 Å². The summed E-state index contributed by atoms with van der Waals surface area (Å²) in [6.07, 6.45) is 0. The van der Waals surface area contributed by atoms with Crippen molar-refractivity contribution in [3.05, 3.63) is 28.8 Å². The highest BCUT2D eigenvalue weighted by Gasteiger charge is 2.46.